The van der Waals surface area contributed by atoms with Gasteiger partial charge in [-0.1, -0.05) is 48.5 Å². The van der Waals surface area contributed by atoms with Crippen molar-refractivity contribution in [3.63, 3.8) is 0 Å². The van der Waals surface area contributed by atoms with Crippen molar-refractivity contribution in [2.45, 2.75) is 25.7 Å². The fourth-order valence-electron chi connectivity index (χ4n) is 4.82. The van der Waals surface area contributed by atoms with Gasteiger partial charge in [0.05, 0.1) is 12.7 Å². The first-order valence-corrected chi connectivity index (χ1v) is 12.4. The van der Waals surface area contributed by atoms with Gasteiger partial charge in [0.25, 0.3) is 5.91 Å². The second kappa shape index (κ2) is 10.7. The first-order valence-electron chi connectivity index (χ1n) is 12.4. The van der Waals surface area contributed by atoms with E-state index in [4.69, 9.17) is 4.74 Å². The van der Waals surface area contributed by atoms with Crippen LogP contribution in [0.4, 0.5) is 18.9 Å². The lowest BCUT2D eigenvalue weighted by Crippen LogP contribution is -2.30. The van der Waals surface area contributed by atoms with E-state index in [1.54, 1.807) is 31.4 Å². The first-order chi connectivity index (χ1) is 18.3. The predicted molar refractivity (Wildman–Crippen MR) is 142 cm³/mol. The number of benzene rings is 4. The van der Waals surface area contributed by atoms with Crippen LogP contribution >= 0.6 is 0 Å². The molecule has 4 aromatic carbocycles. The summed E-state index contributed by atoms with van der Waals surface area (Å²) in [5.41, 5.74) is 5.10. The maximum atomic E-state index is 13.2. The van der Waals surface area contributed by atoms with Crippen molar-refractivity contribution in [2.24, 2.45) is 0 Å². The molecule has 0 fully saturated rings. The van der Waals surface area contributed by atoms with Gasteiger partial charge in [0.1, 0.15) is 5.75 Å². The largest absolute Gasteiger partial charge is 0.497 e. The Kier molecular flexibility index (Phi) is 7.20. The van der Waals surface area contributed by atoms with E-state index >= 15 is 0 Å². The Morgan fingerprint density at radius 3 is 2.47 bits per heavy atom. The number of nitrogens with one attached hydrogen (secondary N) is 1. The molecule has 7 heteroatoms. The van der Waals surface area contributed by atoms with Crippen LogP contribution in [0.5, 0.6) is 5.75 Å². The fourth-order valence-corrected chi connectivity index (χ4v) is 4.82. The van der Waals surface area contributed by atoms with Gasteiger partial charge in [-0.3, -0.25) is 9.69 Å². The number of anilines is 1. The number of ether oxygens (including phenoxy) is 1. The molecule has 1 amide bonds. The summed E-state index contributed by atoms with van der Waals surface area (Å²) in [6.07, 6.45) is -3.54. The number of methoxy groups -OCH3 is 1. The van der Waals surface area contributed by atoms with E-state index in [-0.39, 0.29) is 5.91 Å². The molecular weight excluding hydrogens is 489 g/mol. The van der Waals surface area contributed by atoms with Crippen LogP contribution in [0.15, 0.2) is 91.0 Å². The normalized spacial score (nSPS) is 13.6. The number of nitrogens with zero attached hydrogens (tertiary/aromatic N) is 1. The Bertz CT molecular complexity index is 1450. The summed E-state index contributed by atoms with van der Waals surface area (Å²) in [6.45, 7) is 2.55. The number of alkyl halides is 3. The Morgan fingerprint density at radius 1 is 0.921 bits per heavy atom. The zero-order valence-corrected chi connectivity index (χ0v) is 20.9. The van der Waals surface area contributed by atoms with Gasteiger partial charge in [-0.05, 0) is 76.7 Å². The Balaban J connectivity index is 1.29. The zero-order chi connectivity index (χ0) is 26.7. The van der Waals surface area contributed by atoms with Crippen LogP contribution in [0.25, 0.3) is 11.1 Å². The van der Waals surface area contributed by atoms with Gasteiger partial charge >= 0.3 is 6.18 Å². The lowest BCUT2D eigenvalue weighted by molar-refractivity contribution is -0.137. The summed E-state index contributed by atoms with van der Waals surface area (Å²) in [6, 6.07) is 25.8. The molecule has 0 unspecified atom stereocenters. The molecule has 0 saturated heterocycles. The second-order valence-corrected chi connectivity index (χ2v) is 9.37. The minimum atomic E-state index is -4.41. The Labute approximate surface area is 219 Å². The van der Waals surface area contributed by atoms with Crippen LogP contribution in [0.2, 0.25) is 0 Å². The van der Waals surface area contributed by atoms with Gasteiger partial charge in [0, 0.05) is 30.9 Å². The summed E-state index contributed by atoms with van der Waals surface area (Å²) in [7, 11) is 1.67. The maximum absolute atomic E-state index is 13.2. The highest BCUT2D eigenvalue weighted by molar-refractivity contribution is 6.08. The quantitative estimate of drug-likeness (QED) is 0.295. The van der Waals surface area contributed by atoms with E-state index in [1.807, 2.05) is 30.3 Å². The average Bonchev–Trinajstić information content (AvgIpc) is 2.93. The second-order valence-electron chi connectivity index (χ2n) is 9.37. The minimum absolute atomic E-state index is 0.309. The van der Waals surface area contributed by atoms with Crippen molar-refractivity contribution in [3.8, 4) is 16.9 Å². The molecule has 1 heterocycles. The zero-order valence-electron chi connectivity index (χ0n) is 20.9. The number of hydrogen-bond acceptors (Lipinski definition) is 3. The van der Waals surface area contributed by atoms with Crippen LogP contribution in [-0.2, 0) is 25.7 Å². The lowest BCUT2D eigenvalue weighted by atomic mass is 9.97. The van der Waals surface area contributed by atoms with Gasteiger partial charge in [-0.2, -0.15) is 13.2 Å². The van der Waals surface area contributed by atoms with Gasteiger partial charge in [0.15, 0.2) is 0 Å². The molecule has 1 aliphatic rings. The van der Waals surface area contributed by atoms with Gasteiger partial charge in [0.2, 0.25) is 0 Å². The SMILES string of the molecule is COc1cccc(CN2CCc3cc(NC(=O)c4ccccc4-c4ccc(C(F)(F)F)cc4)ccc3C2)c1. The van der Waals surface area contributed by atoms with E-state index in [0.717, 1.165) is 43.9 Å². The van der Waals surface area contributed by atoms with E-state index in [1.165, 1.54) is 28.8 Å². The molecule has 1 N–H and O–H groups in total. The molecular formula is C31H27F3N2O2. The summed E-state index contributed by atoms with van der Waals surface area (Å²) in [4.78, 5) is 15.6. The van der Waals surface area contributed by atoms with Crippen molar-refractivity contribution in [3.05, 3.63) is 119 Å². The fraction of sp³-hybridized carbons (Fsp3) is 0.194. The van der Waals surface area contributed by atoms with Crippen LogP contribution < -0.4 is 10.1 Å². The molecule has 0 radical (unpaired) electrons. The number of amides is 1. The van der Waals surface area contributed by atoms with Crippen LogP contribution in [-0.4, -0.2) is 24.5 Å². The third-order valence-corrected chi connectivity index (χ3v) is 6.79. The van der Waals surface area contributed by atoms with Crippen molar-refractivity contribution in [1.82, 2.24) is 4.90 Å². The molecule has 38 heavy (non-hydrogen) atoms. The van der Waals surface area contributed by atoms with E-state index < -0.39 is 11.7 Å². The molecule has 4 aromatic rings. The predicted octanol–water partition coefficient (Wildman–Crippen LogP) is 7.19. The number of rotatable bonds is 6. The Morgan fingerprint density at radius 2 is 1.71 bits per heavy atom. The highest BCUT2D eigenvalue weighted by Gasteiger charge is 2.30. The third kappa shape index (κ3) is 5.73. The highest BCUT2D eigenvalue weighted by atomic mass is 19.4. The topological polar surface area (TPSA) is 41.6 Å². The monoisotopic (exact) mass is 516 g/mol. The number of hydrogen-bond donors (Lipinski definition) is 1. The minimum Gasteiger partial charge on any atom is -0.497 e. The average molecular weight is 517 g/mol. The van der Waals surface area contributed by atoms with Crippen LogP contribution in [0, 0.1) is 0 Å². The number of halogens is 3. The van der Waals surface area contributed by atoms with Gasteiger partial charge in [-0.25, -0.2) is 0 Å². The Hall–Kier alpha value is -4.10. The molecule has 0 bridgehead atoms. The molecule has 0 spiro atoms. The van der Waals surface area contributed by atoms with Crippen molar-refractivity contribution >= 4 is 11.6 Å². The van der Waals surface area contributed by atoms with E-state index in [9.17, 15) is 18.0 Å². The lowest BCUT2D eigenvalue weighted by Gasteiger charge is -2.29. The van der Waals surface area contributed by atoms with Gasteiger partial charge < -0.3 is 10.1 Å². The molecule has 0 aromatic heterocycles. The molecule has 4 nitrogen and oxygen atoms in total. The molecule has 0 aliphatic carbocycles. The molecule has 0 atom stereocenters. The summed E-state index contributed by atoms with van der Waals surface area (Å²) < 4.78 is 44.2. The van der Waals surface area contributed by atoms with Crippen molar-refractivity contribution in [1.29, 1.82) is 0 Å². The van der Waals surface area contributed by atoms with Crippen molar-refractivity contribution < 1.29 is 22.7 Å². The maximum Gasteiger partial charge on any atom is 0.416 e. The smallest absolute Gasteiger partial charge is 0.416 e. The number of carbonyl (C=O) groups excluding carboxylic acids is 1. The summed E-state index contributed by atoms with van der Waals surface area (Å²) >= 11 is 0. The van der Waals surface area contributed by atoms with E-state index in [0.29, 0.717) is 22.4 Å². The highest BCUT2D eigenvalue weighted by Crippen LogP contribution is 2.32. The summed E-state index contributed by atoms with van der Waals surface area (Å²) in [5.74, 6) is 0.538. The number of carbonyl (C=O) groups is 1. The number of fused-ring (bicyclic) bond motifs is 1. The molecule has 1 aliphatic heterocycles. The van der Waals surface area contributed by atoms with Crippen LogP contribution in [0.3, 0.4) is 0 Å². The molecule has 0 saturated carbocycles. The molecule has 5 rings (SSSR count). The summed E-state index contributed by atoms with van der Waals surface area (Å²) in [5, 5.41) is 2.97. The van der Waals surface area contributed by atoms with Crippen molar-refractivity contribution in [2.75, 3.05) is 19.0 Å². The third-order valence-electron chi connectivity index (χ3n) is 6.79. The van der Waals surface area contributed by atoms with Gasteiger partial charge in [-0.15, -0.1) is 0 Å². The van der Waals surface area contributed by atoms with Crippen LogP contribution in [0.1, 0.15) is 32.6 Å². The standard InChI is InChI=1S/C31H27F3N2O2/c1-38-27-6-4-5-21(17-27)19-36-16-15-23-18-26(14-11-24(23)20-36)35-30(37)29-8-3-2-7-28(29)22-9-12-25(13-10-22)31(32,33)34/h2-14,17-18H,15-16,19-20H2,1H3,(H,35,37). The molecule has 194 valence electrons. The first kappa shape index (κ1) is 25.5. The van der Waals surface area contributed by atoms with E-state index in [2.05, 4.69) is 22.3 Å².